The molecular weight excluding hydrogens is 212 g/mol. The summed E-state index contributed by atoms with van der Waals surface area (Å²) in [6.07, 6.45) is 0. The Balaban J connectivity index is 2.55. The summed E-state index contributed by atoms with van der Waals surface area (Å²) in [4.78, 5) is 12.0. The van der Waals surface area contributed by atoms with Gasteiger partial charge in [-0.05, 0) is 18.0 Å². The lowest BCUT2D eigenvalue weighted by Gasteiger charge is -2.29. The van der Waals surface area contributed by atoms with Crippen molar-refractivity contribution in [3.8, 4) is 0 Å². The molecule has 0 saturated heterocycles. The Labute approximate surface area is 104 Å². The molecule has 0 saturated carbocycles. The molecule has 1 rings (SSSR count). The highest BCUT2D eigenvalue weighted by Gasteiger charge is 2.29. The number of hydrogen-bond donors (Lipinski definition) is 2. The lowest BCUT2D eigenvalue weighted by molar-refractivity contribution is -0.125. The summed E-state index contributed by atoms with van der Waals surface area (Å²) in [6.45, 7) is 6.73. The van der Waals surface area contributed by atoms with Crippen LogP contribution in [-0.4, -0.2) is 19.0 Å². The van der Waals surface area contributed by atoms with Crippen LogP contribution in [0, 0.1) is 5.41 Å². The van der Waals surface area contributed by atoms with Crippen molar-refractivity contribution in [3.05, 3.63) is 35.9 Å². The van der Waals surface area contributed by atoms with Gasteiger partial charge in [0.25, 0.3) is 0 Å². The molecule has 2 N–H and O–H groups in total. The fourth-order valence-corrected chi connectivity index (χ4v) is 1.84. The molecule has 17 heavy (non-hydrogen) atoms. The second-order valence-electron chi connectivity index (χ2n) is 5.29. The summed E-state index contributed by atoms with van der Waals surface area (Å²) >= 11 is 0. The minimum Gasteiger partial charge on any atom is -0.351 e. The quantitative estimate of drug-likeness (QED) is 0.836. The summed E-state index contributed by atoms with van der Waals surface area (Å²) in [5.41, 5.74) is 1.03. The van der Waals surface area contributed by atoms with Gasteiger partial charge in [0, 0.05) is 6.54 Å². The van der Waals surface area contributed by atoms with Crippen LogP contribution in [0.3, 0.4) is 0 Å². The van der Waals surface area contributed by atoms with E-state index in [1.165, 1.54) is 0 Å². The van der Waals surface area contributed by atoms with Crippen LogP contribution in [0.2, 0.25) is 0 Å². The van der Waals surface area contributed by atoms with Crippen molar-refractivity contribution in [1.82, 2.24) is 10.6 Å². The van der Waals surface area contributed by atoms with Crippen LogP contribution in [0.25, 0.3) is 0 Å². The van der Waals surface area contributed by atoms with Gasteiger partial charge in [-0.1, -0.05) is 51.1 Å². The van der Waals surface area contributed by atoms with Crippen LogP contribution in [0.4, 0.5) is 0 Å². The van der Waals surface area contributed by atoms with E-state index in [0.717, 1.165) is 5.56 Å². The van der Waals surface area contributed by atoms with Gasteiger partial charge >= 0.3 is 0 Å². The summed E-state index contributed by atoms with van der Waals surface area (Å²) in [5, 5.41) is 6.02. The highest BCUT2D eigenvalue weighted by Crippen LogP contribution is 2.19. The monoisotopic (exact) mass is 234 g/mol. The Kier molecular flexibility index (Phi) is 4.70. The Bertz CT molecular complexity index is 354. The molecule has 1 amide bonds. The maximum atomic E-state index is 12.0. The lowest BCUT2D eigenvalue weighted by atomic mass is 9.86. The number of likely N-dealkylation sites (N-methyl/N-ethyl adjacent to an activating group) is 1. The fraction of sp³-hybridized carbons (Fsp3) is 0.500. The van der Waals surface area contributed by atoms with Gasteiger partial charge in [-0.2, -0.15) is 0 Å². The van der Waals surface area contributed by atoms with E-state index in [1.54, 1.807) is 0 Å². The van der Waals surface area contributed by atoms with Crippen LogP contribution in [0.5, 0.6) is 0 Å². The number of hydrogen-bond acceptors (Lipinski definition) is 2. The van der Waals surface area contributed by atoms with Gasteiger partial charge in [-0.25, -0.2) is 0 Å². The Hall–Kier alpha value is -1.35. The summed E-state index contributed by atoms with van der Waals surface area (Å²) in [5.74, 6) is 0.0452. The predicted molar refractivity (Wildman–Crippen MR) is 70.6 cm³/mol. The normalized spacial score (nSPS) is 13.2. The zero-order valence-electron chi connectivity index (χ0n) is 11.1. The van der Waals surface area contributed by atoms with Crippen molar-refractivity contribution in [2.45, 2.75) is 33.4 Å². The molecule has 0 heterocycles. The molecule has 1 atom stereocenters. The molecule has 3 heteroatoms. The first kappa shape index (κ1) is 13.7. The SMILES string of the molecule is CN[C@@H](C(=O)NCc1ccccc1)C(C)(C)C. The molecule has 1 aromatic carbocycles. The maximum absolute atomic E-state index is 12.0. The fourth-order valence-electron chi connectivity index (χ4n) is 1.84. The van der Waals surface area contributed by atoms with Crippen LogP contribution in [0.15, 0.2) is 30.3 Å². The summed E-state index contributed by atoms with van der Waals surface area (Å²) in [7, 11) is 1.82. The van der Waals surface area contributed by atoms with E-state index in [4.69, 9.17) is 0 Å². The number of benzene rings is 1. The van der Waals surface area contributed by atoms with Crippen molar-refractivity contribution in [2.24, 2.45) is 5.41 Å². The minimum atomic E-state index is -0.175. The molecule has 0 radical (unpaired) electrons. The molecule has 1 aromatic rings. The first-order chi connectivity index (χ1) is 7.95. The third-order valence-electron chi connectivity index (χ3n) is 2.73. The summed E-state index contributed by atoms with van der Waals surface area (Å²) in [6, 6.07) is 9.75. The van der Waals surface area contributed by atoms with E-state index < -0.39 is 0 Å². The minimum absolute atomic E-state index is 0.0452. The van der Waals surface area contributed by atoms with E-state index >= 15 is 0 Å². The molecular formula is C14H22N2O. The third-order valence-corrected chi connectivity index (χ3v) is 2.73. The van der Waals surface area contributed by atoms with Crippen molar-refractivity contribution < 1.29 is 4.79 Å². The molecule has 0 bridgehead atoms. The van der Waals surface area contributed by atoms with Gasteiger partial charge in [-0.3, -0.25) is 4.79 Å². The average Bonchev–Trinajstić information content (AvgIpc) is 2.27. The van der Waals surface area contributed by atoms with E-state index in [0.29, 0.717) is 6.54 Å². The Morgan fingerprint density at radius 3 is 2.29 bits per heavy atom. The molecule has 0 aliphatic rings. The van der Waals surface area contributed by atoms with Crippen molar-refractivity contribution in [2.75, 3.05) is 7.05 Å². The van der Waals surface area contributed by atoms with E-state index in [9.17, 15) is 4.79 Å². The molecule has 94 valence electrons. The van der Waals surface area contributed by atoms with Gasteiger partial charge in [0.2, 0.25) is 5.91 Å². The van der Waals surface area contributed by atoms with Crippen molar-refractivity contribution in [1.29, 1.82) is 0 Å². The molecule has 0 fully saturated rings. The van der Waals surface area contributed by atoms with Gasteiger partial charge in [-0.15, -0.1) is 0 Å². The highest BCUT2D eigenvalue weighted by atomic mass is 16.2. The standard InChI is InChI=1S/C14H22N2O/c1-14(2,3)12(15-4)13(17)16-10-11-8-6-5-7-9-11/h5-9,12,15H,10H2,1-4H3,(H,16,17)/t12-/m0/s1. The molecule has 3 nitrogen and oxygen atoms in total. The van der Waals surface area contributed by atoms with E-state index in [2.05, 4.69) is 31.4 Å². The average molecular weight is 234 g/mol. The van der Waals surface area contributed by atoms with E-state index in [1.807, 2.05) is 37.4 Å². The zero-order chi connectivity index (χ0) is 12.9. The third kappa shape index (κ3) is 4.19. The van der Waals surface area contributed by atoms with Crippen molar-refractivity contribution in [3.63, 3.8) is 0 Å². The maximum Gasteiger partial charge on any atom is 0.237 e. The largest absolute Gasteiger partial charge is 0.351 e. The van der Waals surface area contributed by atoms with Gasteiger partial charge in [0.15, 0.2) is 0 Å². The van der Waals surface area contributed by atoms with Crippen LogP contribution in [0.1, 0.15) is 26.3 Å². The van der Waals surface area contributed by atoms with Crippen LogP contribution < -0.4 is 10.6 Å². The van der Waals surface area contributed by atoms with Crippen LogP contribution in [-0.2, 0) is 11.3 Å². The lowest BCUT2D eigenvalue weighted by Crippen LogP contribution is -2.50. The number of nitrogens with one attached hydrogen (secondary N) is 2. The number of carbonyl (C=O) groups excluding carboxylic acids is 1. The topological polar surface area (TPSA) is 41.1 Å². The number of carbonyl (C=O) groups is 1. The predicted octanol–water partition coefficient (Wildman–Crippen LogP) is 1.94. The molecule has 0 spiro atoms. The van der Waals surface area contributed by atoms with Crippen molar-refractivity contribution >= 4 is 5.91 Å². The van der Waals surface area contributed by atoms with Gasteiger partial charge in [0.05, 0.1) is 6.04 Å². The zero-order valence-corrected chi connectivity index (χ0v) is 11.1. The highest BCUT2D eigenvalue weighted by molar-refractivity contribution is 5.82. The number of rotatable bonds is 4. The molecule has 0 aliphatic carbocycles. The van der Waals surface area contributed by atoms with Crippen LogP contribution >= 0.6 is 0 Å². The van der Waals surface area contributed by atoms with Gasteiger partial charge in [0.1, 0.15) is 0 Å². The molecule has 0 unspecified atom stereocenters. The Morgan fingerprint density at radius 1 is 1.24 bits per heavy atom. The molecule has 0 aliphatic heterocycles. The number of amides is 1. The van der Waals surface area contributed by atoms with E-state index in [-0.39, 0.29) is 17.4 Å². The second-order valence-corrected chi connectivity index (χ2v) is 5.29. The van der Waals surface area contributed by atoms with Gasteiger partial charge < -0.3 is 10.6 Å². The molecule has 0 aromatic heterocycles. The smallest absolute Gasteiger partial charge is 0.237 e. The second kappa shape index (κ2) is 5.82. The summed E-state index contributed by atoms with van der Waals surface area (Å²) < 4.78 is 0. The Morgan fingerprint density at radius 2 is 1.82 bits per heavy atom. The first-order valence-electron chi connectivity index (χ1n) is 5.94. The first-order valence-corrected chi connectivity index (χ1v) is 5.94.